The van der Waals surface area contributed by atoms with Crippen molar-refractivity contribution in [3.8, 4) is 11.8 Å². The van der Waals surface area contributed by atoms with Crippen molar-refractivity contribution in [1.29, 1.82) is 5.26 Å². The zero-order valence-electron chi connectivity index (χ0n) is 11.1. The molecule has 5 nitrogen and oxygen atoms in total. The molecular formula is C14H12ClN3O2. The van der Waals surface area contributed by atoms with Gasteiger partial charge in [0.2, 0.25) is 0 Å². The Morgan fingerprint density at radius 1 is 1.45 bits per heavy atom. The van der Waals surface area contributed by atoms with Crippen LogP contribution in [0.25, 0.3) is 0 Å². The lowest BCUT2D eigenvalue weighted by Crippen LogP contribution is -2.23. The lowest BCUT2D eigenvalue weighted by atomic mass is 10.1. The molecule has 0 fully saturated rings. The summed E-state index contributed by atoms with van der Waals surface area (Å²) in [5, 5.41) is 9.23. The van der Waals surface area contributed by atoms with Gasteiger partial charge < -0.3 is 4.74 Å². The molecule has 0 N–H and O–H groups in total. The predicted molar refractivity (Wildman–Crippen MR) is 75.1 cm³/mol. The molecule has 0 spiro atoms. The quantitative estimate of drug-likeness (QED) is 0.812. The second kappa shape index (κ2) is 5.76. The molecule has 0 saturated carbocycles. The highest BCUT2D eigenvalue weighted by molar-refractivity contribution is 6.29. The fourth-order valence-electron chi connectivity index (χ4n) is 1.90. The van der Waals surface area contributed by atoms with Gasteiger partial charge in [0.25, 0.3) is 5.56 Å². The third-order valence-electron chi connectivity index (χ3n) is 2.89. The summed E-state index contributed by atoms with van der Waals surface area (Å²) in [6, 6.07) is 8.53. The average Bonchev–Trinajstić information content (AvgIpc) is 2.42. The summed E-state index contributed by atoms with van der Waals surface area (Å²) in [4.78, 5) is 15.9. The lowest BCUT2D eigenvalue weighted by Gasteiger charge is -2.10. The van der Waals surface area contributed by atoms with Crippen molar-refractivity contribution < 1.29 is 4.74 Å². The highest BCUT2D eigenvalue weighted by atomic mass is 35.5. The van der Waals surface area contributed by atoms with Crippen molar-refractivity contribution in [3.63, 3.8) is 0 Å². The summed E-state index contributed by atoms with van der Waals surface area (Å²) >= 11 is 5.73. The summed E-state index contributed by atoms with van der Waals surface area (Å²) in [6.07, 6.45) is 0. The van der Waals surface area contributed by atoms with Gasteiger partial charge in [0.05, 0.1) is 19.2 Å². The van der Waals surface area contributed by atoms with Gasteiger partial charge in [-0.05, 0) is 24.6 Å². The van der Waals surface area contributed by atoms with Gasteiger partial charge in [-0.2, -0.15) is 5.26 Å². The van der Waals surface area contributed by atoms with E-state index >= 15 is 0 Å². The number of rotatable bonds is 3. The van der Waals surface area contributed by atoms with E-state index in [0.717, 1.165) is 5.56 Å². The van der Waals surface area contributed by atoms with Crippen LogP contribution in [0.15, 0.2) is 29.1 Å². The first-order chi connectivity index (χ1) is 9.55. The van der Waals surface area contributed by atoms with Crippen LogP contribution in [0.5, 0.6) is 5.75 Å². The van der Waals surface area contributed by atoms with Gasteiger partial charge in [0.1, 0.15) is 22.8 Å². The maximum atomic E-state index is 11.9. The first-order valence-corrected chi connectivity index (χ1v) is 6.24. The van der Waals surface area contributed by atoms with Crippen molar-refractivity contribution in [2.45, 2.75) is 13.5 Å². The second-order valence-corrected chi connectivity index (χ2v) is 4.58. The topological polar surface area (TPSA) is 67.9 Å². The first-order valence-electron chi connectivity index (χ1n) is 5.86. The molecule has 1 heterocycles. The fraction of sp³-hybridized carbons (Fsp3) is 0.214. The smallest absolute Gasteiger partial charge is 0.255 e. The first kappa shape index (κ1) is 14.1. The zero-order chi connectivity index (χ0) is 14.7. The Morgan fingerprint density at radius 3 is 2.80 bits per heavy atom. The predicted octanol–water partition coefficient (Wildman–Crippen LogP) is 2.13. The summed E-state index contributed by atoms with van der Waals surface area (Å²) in [6.45, 7) is 2.04. The van der Waals surface area contributed by atoms with Crippen LogP contribution in [-0.2, 0) is 6.54 Å². The van der Waals surface area contributed by atoms with Crippen molar-refractivity contribution in [3.05, 3.63) is 56.7 Å². The van der Waals surface area contributed by atoms with Gasteiger partial charge in [-0.1, -0.05) is 17.7 Å². The number of hydrogen-bond donors (Lipinski definition) is 0. The molecule has 0 unspecified atom stereocenters. The van der Waals surface area contributed by atoms with Gasteiger partial charge >= 0.3 is 0 Å². The monoisotopic (exact) mass is 289 g/mol. The third-order valence-corrected chi connectivity index (χ3v) is 3.09. The van der Waals surface area contributed by atoms with Crippen LogP contribution in [0.3, 0.4) is 0 Å². The Hall–Kier alpha value is -2.32. The average molecular weight is 290 g/mol. The van der Waals surface area contributed by atoms with Crippen LogP contribution >= 0.6 is 11.6 Å². The molecule has 0 aliphatic rings. The van der Waals surface area contributed by atoms with E-state index in [1.807, 2.05) is 0 Å². The van der Waals surface area contributed by atoms with E-state index in [0.29, 0.717) is 23.7 Å². The van der Waals surface area contributed by atoms with Crippen molar-refractivity contribution in [2.24, 2.45) is 0 Å². The van der Waals surface area contributed by atoms with Crippen LogP contribution in [0, 0.1) is 18.3 Å². The number of aromatic nitrogens is 2. The standard InChI is InChI=1S/C14H12ClN3O2/c1-9-17-13(15)6-14(19)18(9)8-10-3-4-12(20-2)11(5-10)7-16/h3-6H,8H2,1-2H3. The number of aryl methyl sites for hydroxylation is 1. The Bertz CT molecular complexity index is 747. The number of hydrogen-bond acceptors (Lipinski definition) is 4. The van der Waals surface area contributed by atoms with Crippen LogP contribution in [-0.4, -0.2) is 16.7 Å². The molecule has 2 aromatic rings. The minimum absolute atomic E-state index is 0.177. The number of nitrogens with zero attached hydrogens (tertiary/aromatic N) is 3. The number of halogens is 1. The largest absolute Gasteiger partial charge is 0.495 e. The molecule has 0 bridgehead atoms. The van der Waals surface area contributed by atoms with E-state index in [9.17, 15) is 4.79 Å². The SMILES string of the molecule is COc1ccc(Cn2c(C)nc(Cl)cc2=O)cc1C#N. The van der Waals surface area contributed by atoms with Crippen LogP contribution in [0.2, 0.25) is 5.15 Å². The lowest BCUT2D eigenvalue weighted by molar-refractivity contribution is 0.413. The van der Waals surface area contributed by atoms with E-state index in [1.54, 1.807) is 25.1 Å². The third kappa shape index (κ3) is 2.81. The second-order valence-electron chi connectivity index (χ2n) is 4.20. The molecule has 6 heteroatoms. The van der Waals surface area contributed by atoms with E-state index in [-0.39, 0.29) is 10.7 Å². The van der Waals surface area contributed by atoms with Crippen molar-refractivity contribution in [1.82, 2.24) is 9.55 Å². The van der Waals surface area contributed by atoms with Gasteiger partial charge in [0, 0.05) is 6.07 Å². The number of ether oxygens (including phenoxy) is 1. The van der Waals surface area contributed by atoms with Crippen LogP contribution in [0.1, 0.15) is 17.0 Å². The number of nitriles is 1. The van der Waals surface area contributed by atoms with E-state index in [1.165, 1.54) is 17.7 Å². The highest BCUT2D eigenvalue weighted by Gasteiger charge is 2.08. The Labute approximate surface area is 121 Å². The molecule has 2 rings (SSSR count). The molecule has 0 aliphatic carbocycles. The molecule has 0 atom stereocenters. The maximum absolute atomic E-state index is 11.9. The molecule has 0 saturated heterocycles. The van der Waals surface area contributed by atoms with E-state index in [4.69, 9.17) is 21.6 Å². The van der Waals surface area contributed by atoms with E-state index < -0.39 is 0 Å². The summed E-state index contributed by atoms with van der Waals surface area (Å²) < 4.78 is 6.58. The Morgan fingerprint density at radius 2 is 2.20 bits per heavy atom. The zero-order valence-corrected chi connectivity index (χ0v) is 11.8. The summed E-state index contributed by atoms with van der Waals surface area (Å²) in [5.41, 5.74) is 1.02. The minimum Gasteiger partial charge on any atom is -0.495 e. The van der Waals surface area contributed by atoms with Gasteiger partial charge in [-0.15, -0.1) is 0 Å². The van der Waals surface area contributed by atoms with E-state index in [2.05, 4.69) is 11.1 Å². The van der Waals surface area contributed by atoms with Gasteiger partial charge in [0.15, 0.2) is 0 Å². The molecule has 1 aromatic carbocycles. The molecular weight excluding hydrogens is 278 g/mol. The number of benzene rings is 1. The maximum Gasteiger partial charge on any atom is 0.255 e. The highest BCUT2D eigenvalue weighted by Crippen LogP contribution is 2.19. The van der Waals surface area contributed by atoms with Gasteiger partial charge in [-0.25, -0.2) is 4.98 Å². The van der Waals surface area contributed by atoms with Crippen molar-refractivity contribution in [2.75, 3.05) is 7.11 Å². The molecule has 20 heavy (non-hydrogen) atoms. The molecule has 102 valence electrons. The minimum atomic E-state index is -0.225. The molecule has 0 radical (unpaired) electrons. The Kier molecular flexibility index (Phi) is 4.06. The summed E-state index contributed by atoms with van der Waals surface area (Å²) in [5.74, 6) is 1.03. The molecule has 1 aromatic heterocycles. The van der Waals surface area contributed by atoms with Crippen molar-refractivity contribution >= 4 is 11.6 Å². The summed E-state index contributed by atoms with van der Waals surface area (Å²) in [7, 11) is 1.51. The Balaban J connectivity index is 2.41. The number of methoxy groups -OCH3 is 1. The molecule has 0 aliphatic heterocycles. The van der Waals surface area contributed by atoms with Gasteiger partial charge in [-0.3, -0.25) is 9.36 Å². The van der Waals surface area contributed by atoms with Crippen LogP contribution < -0.4 is 10.3 Å². The fourth-order valence-corrected chi connectivity index (χ4v) is 2.12. The van der Waals surface area contributed by atoms with Crippen LogP contribution in [0.4, 0.5) is 0 Å². The molecule has 0 amide bonds. The normalized spacial score (nSPS) is 10.1.